The van der Waals surface area contributed by atoms with E-state index in [1.807, 2.05) is 0 Å². The van der Waals surface area contributed by atoms with Crippen molar-refractivity contribution in [2.45, 2.75) is 30.2 Å². The normalized spacial score (nSPS) is 22.0. The molecule has 1 aliphatic rings. The van der Waals surface area contributed by atoms with Gasteiger partial charge in [0.05, 0.1) is 29.4 Å². The molecule has 2 aromatic heterocycles. The van der Waals surface area contributed by atoms with Crippen LogP contribution < -0.4 is 10.0 Å². The van der Waals surface area contributed by atoms with Crippen LogP contribution in [0.5, 0.6) is 0 Å². The van der Waals surface area contributed by atoms with Crippen molar-refractivity contribution in [1.82, 2.24) is 20.2 Å². The minimum atomic E-state index is -3.67. The van der Waals surface area contributed by atoms with E-state index in [-0.39, 0.29) is 17.0 Å². The fraction of sp³-hybridized carbons (Fsp3) is 0.571. The first kappa shape index (κ1) is 16.3. The molecule has 0 aromatic carbocycles. The number of nitrogens with one attached hydrogen (secondary N) is 2. The Hall–Kier alpha value is -1.55. The summed E-state index contributed by atoms with van der Waals surface area (Å²) in [5, 5.41) is 7.72. The minimum absolute atomic E-state index is 0.0989. The van der Waals surface area contributed by atoms with Crippen LogP contribution in [0, 0.1) is 6.92 Å². The summed E-state index contributed by atoms with van der Waals surface area (Å²) in [5.41, 5.74) is 0.583. The van der Waals surface area contributed by atoms with Crippen LogP contribution in [-0.4, -0.2) is 50.9 Å². The standard InChI is InChI=1S/C14H20N4O4S/c1-10-12-6-11(7-15-13(12)22-18-10)23(19,20)17-8-14(9-21-2)4-3-5-16-14/h6-7,16-17H,3-5,8-9H2,1-2H3. The monoisotopic (exact) mass is 340 g/mol. The van der Waals surface area contributed by atoms with Crippen LogP contribution in [0.2, 0.25) is 0 Å². The van der Waals surface area contributed by atoms with E-state index in [0.29, 0.717) is 23.4 Å². The Bertz CT molecular complexity index is 796. The van der Waals surface area contributed by atoms with Gasteiger partial charge in [-0.1, -0.05) is 5.16 Å². The Kier molecular flexibility index (Phi) is 4.37. The number of ether oxygens (including phenoxy) is 1. The van der Waals surface area contributed by atoms with Gasteiger partial charge in [-0.3, -0.25) is 0 Å². The molecule has 126 valence electrons. The van der Waals surface area contributed by atoms with Crippen molar-refractivity contribution >= 4 is 21.1 Å². The van der Waals surface area contributed by atoms with Crippen LogP contribution >= 0.6 is 0 Å². The van der Waals surface area contributed by atoms with Gasteiger partial charge in [0.2, 0.25) is 10.0 Å². The summed E-state index contributed by atoms with van der Waals surface area (Å²) in [6, 6.07) is 1.53. The Morgan fingerprint density at radius 3 is 3.04 bits per heavy atom. The Morgan fingerprint density at radius 1 is 1.52 bits per heavy atom. The second-order valence-corrected chi connectivity index (χ2v) is 7.63. The van der Waals surface area contributed by atoms with Gasteiger partial charge in [-0.15, -0.1) is 0 Å². The Morgan fingerprint density at radius 2 is 2.35 bits per heavy atom. The number of rotatable bonds is 6. The third-order valence-corrected chi connectivity index (χ3v) is 5.52. The van der Waals surface area contributed by atoms with Gasteiger partial charge in [0.25, 0.3) is 5.71 Å². The average molecular weight is 340 g/mol. The van der Waals surface area contributed by atoms with Gasteiger partial charge in [0, 0.05) is 13.7 Å². The number of hydrogen-bond donors (Lipinski definition) is 2. The molecule has 2 aromatic rings. The molecule has 23 heavy (non-hydrogen) atoms. The molecule has 0 spiro atoms. The topological polar surface area (TPSA) is 106 Å². The molecule has 1 fully saturated rings. The van der Waals surface area contributed by atoms with Gasteiger partial charge in [-0.25, -0.2) is 18.1 Å². The maximum atomic E-state index is 12.5. The molecule has 9 heteroatoms. The summed E-state index contributed by atoms with van der Waals surface area (Å²) >= 11 is 0. The van der Waals surface area contributed by atoms with Crippen molar-refractivity contribution in [1.29, 1.82) is 0 Å². The van der Waals surface area contributed by atoms with Crippen molar-refractivity contribution < 1.29 is 17.7 Å². The highest BCUT2D eigenvalue weighted by Crippen LogP contribution is 2.22. The molecule has 3 rings (SSSR count). The van der Waals surface area contributed by atoms with Crippen LogP contribution in [0.4, 0.5) is 0 Å². The van der Waals surface area contributed by atoms with Gasteiger partial charge in [0.1, 0.15) is 4.90 Å². The lowest BCUT2D eigenvalue weighted by Gasteiger charge is -2.28. The lowest BCUT2D eigenvalue weighted by Crippen LogP contribution is -2.52. The highest BCUT2D eigenvalue weighted by molar-refractivity contribution is 7.89. The first-order valence-electron chi connectivity index (χ1n) is 7.41. The summed E-state index contributed by atoms with van der Waals surface area (Å²) in [7, 11) is -2.05. The van der Waals surface area contributed by atoms with Gasteiger partial charge in [-0.05, 0) is 32.4 Å². The number of sulfonamides is 1. The summed E-state index contributed by atoms with van der Waals surface area (Å²) in [5.74, 6) is 0. The molecule has 0 radical (unpaired) electrons. The van der Waals surface area contributed by atoms with Gasteiger partial charge in [-0.2, -0.15) is 0 Å². The molecule has 1 saturated heterocycles. The minimum Gasteiger partial charge on any atom is -0.383 e. The van der Waals surface area contributed by atoms with Crippen molar-refractivity contribution in [3.8, 4) is 0 Å². The number of fused-ring (bicyclic) bond motifs is 1. The number of aryl methyl sites for hydroxylation is 1. The summed E-state index contributed by atoms with van der Waals surface area (Å²) < 4.78 is 38.0. The van der Waals surface area contributed by atoms with E-state index in [4.69, 9.17) is 9.26 Å². The number of aromatic nitrogens is 2. The largest absolute Gasteiger partial charge is 0.383 e. The maximum Gasteiger partial charge on any atom is 0.257 e. The van der Waals surface area contributed by atoms with Crippen LogP contribution in [-0.2, 0) is 14.8 Å². The number of nitrogens with zero attached hydrogens (tertiary/aromatic N) is 2. The highest BCUT2D eigenvalue weighted by atomic mass is 32.2. The quantitative estimate of drug-likeness (QED) is 0.792. The first-order chi connectivity index (χ1) is 11.0. The lowest BCUT2D eigenvalue weighted by molar-refractivity contribution is 0.122. The summed E-state index contributed by atoms with van der Waals surface area (Å²) in [6.07, 6.45) is 3.14. The zero-order valence-corrected chi connectivity index (χ0v) is 13.9. The molecule has 0 bridgehead atoms. The van der Waals surface area contributed by atoms with E-state index < -0.39 is 10.0 Å². The molecular formula is C14H20N4O4S. The van der Waals surface area contributed by atoms with Crippen molar-refractivity contribution in [2.75, 3.05) is 26.8 Å². The molecule has 1 unspecified atom stereocenters. The lowest BCUT2D eigenvalue weighted by atomic mass is 9.99. The fourth-order valence-electron chi connectivity index (χ4n) is 2.86. The van der Waals surface area contributed by atoms with Crippen LogP contribution in [0.25, 0.3) is 11.1 Å². The molecule has 2 N–H and O–H groups in total. The van der Waals surface area contributed by atoms with E-state index in [9.17, 15) is 8.42 Å². The first-order valence-corrected chi connectivity index (χ1v) is 8.90. The molecule has 3 heterocycles. The van der Waals surface area contributed by atoms with E-state index in [2.05, 4.69) is 20.2 Å². The van der Waals surface area contributed by atoms with Crippen molar-refractivity contribution in [3.05, 3.63) is 18.0 Å². The third kappa shape index (κ3) is 3.23. The zero-order chi connectivity index (χ0) is 16.5. The SMILES string of the molecule is COCC1(CNS(=O)(=O)c2cnc3onc(C)c3c2)CCCN1. The summed E-state index contributed by atoms with van der Waals surface area (Å²) in [6.45, 7) is 3.33. The van der Waals surface area contributed by atoms with Crippen LogP contribution in [0.3, 0.4) is 0 Å². The maximum absolute atomic E-state index is 12.5. The van der Waals surface area contributed by atoms with E-state index >= 15 is 0 Å². The second kappa shape index (κ2) is 6.16. The van der Waals surface area contributed by atoms with E-state index in [1.165, 1.54) is 12.3 Å². The number of methoxy groups -OCH3 is 1. The smallest absolute Gasteiger partial charge is 0.257 e. The Balaban J connectivity index is 1.81. The number of hydrogen-bond acceptors (Lipinski definition) is 7. The van der Waals surface area contributed by atoms with Crippen LogP contribution in [0.15, 0.2) is 21.7 Å². The molecular weight excluding hydrogens is 320 g/mol. The number of pyridine rings is 1. The molecule has 0 saturated carbocycles. The van der Waals surface area contributed by atoms with Gasteiger partial charge in [0.15, 0.2) is 0 Å². The fourth-order valence-corrected chi connectivity index (χ4v) is 3.96. The van der Waals surface area contributed by atoms with Crippen molar-refractivity contribution in [2.24, 2.45) is 0 Å². The van der Waals surface area contributed by atoms with Crippen molar-refractivity contribution in [3.63, 3.8) is 0 Å². The van der Waals surface area contributed by atoms with Crippen LogP contribution in [0.1, 0.15) is 18.5 Å². The highest BCUT2D eigenvalue weighted by Gasteiger charge is 2.35. The summed E-state index contributed by atoms with van der Waals surface area (Å²) in [4.78, 5) is 4.11. The van der Waals surface area contributed by atoms with Gasteiger partial charge >= 0.3 is 0 Å². The molecule has 1 aliphatic heterocycles. The average Bonchev–Trinajstić information content (AvgIpc) is 3.14. The van der Waals surface area contributed by atoms with E-state index in [1.54, 1.807) is 14.0 Å². The molecule has 0 aliphatic carbocycles. The molecule has 0 amide bonds. The third-order valence-electron chi connectivity index (χ3n) is 4.15. The predicted molar refractivity (Wildman–Crippen MR) is 83.6 cm³/mol. The van der Waals surface area contributed by atoms with E-state index in [0.717, 1.165) is 19.4 Å². The molecule has 8 nitrogen and oxygen atoms in total. The van der Waals surface area contributed by atoms with Gasteiger partial charge < -0.3 is 14.6 Å². The predicted octanol–water partition coefficient (Wildman–Crippen LogP) is 0.578. The molecule has 1 atom stereocenters. The second-order valence-electron chi connectivity index (χ2n) is 5.86. The Labute approximate surface area is 134 Å². The zero-order valence-electron chi connectivity index (χ0n) is 13.1.